The fourth-order valence-corrected chi connectivity index (χ4v) is 6.34. The highest BCUT2D eigenvalue weighted by Gasteiger charge is 2.44. The first kappa shape index (κ1) is 24.1. The predicted octanol–water partition coefficient (Wildman–Crippen LogP) is 5.58. The van der Waals surface area contributed by atoms with Crippen LogP contribution in [0.4, 0.5) is 5.13 Å². The molecule has 3 aromatic rings. The van der Waals surface area contributed by atoms with Crippen LogP contribution < -0.4 is 9.64 Å². The number of aromatic nitrogens is 1. The lowest BCUT2D eigenvalue weighted by atomic mass is 9.95. The third kappa shape index (κ3) is 4.63. The number of thiazole rings is 1. The Morgan fingerprint density at radius 3 is 2.71 bits per heavy atom. The number of hydrogen-bond acceptors (Lipinski definition) is 7. The van der Waals surface area contributed by atoms with Crippen molar-refractivity contribution < 1.29 is 24.5 Å². The highest BCUT2D eigenvalue weighted by molar-refractivity contribution is 8.01. The number of phenols is 1. The van der Waals surface area contributed by atoms with E-state index in [9.17, 15) is 19.8 Å². The summed E-state index contributed by atoms with van der Waals surface area (Å²) in [7, 11) is 1.58. The smallest absolute Gasteiger partial charge is 0.305 e. The van der Waals surface area contributed by atoms with Gasteiger partial charge in [0.15, 0.2) is 5.13 Å². The fraction of sp³-hybridized carbons (Fsp3) is 0.320. The summed E-state index contributed by atoms with van der Waals surface area (Å²) in [5.74, 6) is -0.229. The predicted molar refractivity (Wildman–Crippen MR) is 135 cm³/mol. The Kier molecular flexibility index (Phi) is 6.86. The molecule has 178 valence electrons. The summed E-state index contributed by atoms with van der Waals surface area (Å²) in [6.07, 6.45) is -0.256. The molecule has 1 amide bonds. The number of nitrogens with zero attached hydrogens (tertiary/aromatic N) is 2. The maximum absolute atomic E-state index is 13.3. The van der Waals surface area contributed by atoms with Crippen LogP contribution >= 0.6 is 23.1 Å². The number of thioether (sulfide) groups is 1. The summed E-state index contributed by atoms with van der Waals surface area (Å²) in [6, 6.07) is 11.1. The van der Waals surface area contributed by atoms with Gasteiger partial charge >= 0.3 is 5.97 Å². The van der Waals surface area contributed by atoms with Gasteiger partial charge in [0.1, 0.15) is 16.9 Å². The number of carboxylic acid groups (broad SMARTS) is 1. The molecule has 0 aliphatic carbocycles. The molecule has 4 rings (SSSR count). The number of aryl methyl sites for hydroxylation is 1. The summed E-state index contributed by atoms with van der Waals surface area (Å²) < 4.78 is 5.35. The molecule has 1 aliphatic rings. The van der Waals surface area contributed by atoms with Gasteiger partial charge in [0, 0.05) is 10.9 Å². The van der Waals surface area contributed by atoms with E-state index in [-0.39, 0.29) is 24.0 Å². The van der Waals surface area contributed by atoms with Crippen LogP contribution in [0, 0.1) is 6.92 Å². The van der Waals surface area contributed by atoms with Crippen molar-refractivity contribution in [3.8, 4) is 22.8 Å². The zero-order valence-electron chi connectivity index (χ0n) is 19.3. The highest BCUT2D eigenvalue weighted by Crippen LogP contribution is 2.48. The second kappa shape index (κ2) is 9.68. The Hall–Kier alpha value is -3.04. The fourth-order valence-electron chi connectivity index (χ4n) is 4.00. The molecule has 1 saturated heterocycles. The average molecular weight is 499 g/mol. The molecule has 0 spiro atoms. The van der Waals surface area contributed by atoms with Crippen molar-refractivity contribution in [2.45, 2.75) is 43.7 Å². The van der Waals surface area contributed by atoms with Crippen LogP contribution in [0.15, 0.2) is 41.8 Å². The minimum absolute atomic E-state index is 0.142. The largest absolute Gasteiger partial charge is 0.508 e. The van der Waals surface area contributed by atoms with E-state index in [2.05, 4.69) is 0 Å². The van der Waals surface area contributed by atoms with Crippen LogP contribution in [0.3, 0.4) is 0 Å². The number of methoxy groups -OCH3 is 1. The maximum Gasteiger partial charge on any atom is 0.305 e. The Labute approximate surface area is 206 Å². The molecule has 1 aliphatic heterocycles. The second-order valence-electron chi connectivity index (χ2n) is 8.46. The van der Waals surface area contributed by atoms with Crippen molar-refractivity contribution in [2.24, 2.45) is 0 Å². The third-order valence-electron chi connectivity index (χ3n) is 5.75. The van der Waals surface area contributed by atoms with Crippen LogP contribution in [0.25, 0.3) is 11.3 Å². The zero-order valence-corrected chi connectivity index (χ0v) is 20.9. The van der Waals surface area contributed by atoms with Crippen molar-refractivity contribution >= 4 is 40.1 Å². The van der Waals surface area contributed by atoms with Crippen LogP contribution in [0.1, 0.15) is 48.3 Å². The SMILES string of the molecule is COc1cccc(C2SC(CC(=O)O)C(=O)N2c2nc(-c3cc(C(C)C)c(O)cc3C)cs2)c1. The van der Waals surface area contributed by atoms with E-state index in [0.29, 0.717) is 16.6 Å². The summed E-state index contributed by atoms with van der Waals surface area (Å²) in [5, 5.41) is 20.9. The molecule has 1 fully saturated rings. The monoisotopic (exact) mass is 498 g/mol. The van der Waals surface area contributed by atoms with E-state index < -0.39 is 16.6 Å². The van der Waals surface area contributed by atoms with E-state index >= 15 is 0 Å². The Morgan fingerprint density at radius 2 is 2.03 bits per heavy atom. The lowest BCUT2D eigenvalue weighted by Crippen LogP contribution is -2.31. The van der Waals surface area contributed by atoms with Gasteiger partial charge in [-0.15, -0.1) is 23.1 Å². The number of carbonyl (C=O) groups is 2. The first-order valence-electron chi connectivity index (χ1n) is 10.8. The minimum Gasteiger partial charge on any atom is -0.508 e. The quantitative estimate of drug-likeness (QED) is 0.439. The molecule has 2 unspecified atom stereocenters. The molecule has 9 heteroatoms. The first-order chi connectivity index (χ1) is 16.2. The van der Waals surface area contributed by atoms with Gasteiger partial charge < -0.3 is 14.9 Å². The normalized spacial score (nSPS) is 18.0. The minimum atomic E-state index is -1.02. The van der Waals surface area contributed by atoms with Gasteiger partial charge in [-0.1, -0.05) is 26.0 Å². The van der Waals surface area contributed by atoms with E-state index in [4.69, 9.17) is 9.72 Å². The third-order valence-corrected chi connectivity index (χ3v) is 8.03. The Morgan fingerprint density at radius 1 is 1.26 bits per heavy atom. The van der Waals surface area contributed by atoms with Gasteiger partial charge in [-0.05, 0) is 53.8 Å². The molecular weight excluding hydrogens is 472 g/mol. The number of hydrogen-bond donors (Lipinski definition) is 2. The van der Waals surface area contributed by atoms with E-state index in [1.807, 2.05) is 56.5 Å². The molecule has 2 atom stereocenters. The molecule has 34 heavy (non-hydrogen) atoms. The number of aliphatic carboxylic acids is 1. The van der Waals surface area contributed by atoms with Crippen molar-refractivity contribution in [2.75, 3.05) is 12.0 Å². The number of aromatic hydroxyl groups is 1. The van der Waals surface area contributed by atoms with Gasteiger partial charge in [-0.25, -0.2) is 4.98 Å². The average Bonchev–Trinajstić information content (AvgIpc) is 3.38. The molecule has 2 heterocycles. The number of phenolic OH excluding ortho intramolecular Hbond substituents is 1. The number of ether oxygens (including phenoxy) is 1. The molecule has 0 bridgehead atoms. The molecule has 0 radical (unpaired) electrons. The topological polar surface area (TPSA) is 100.0 Å². The van der Waals surface area contributed by atoms with Crippen LogP contribution in [0.2, 0.25) is 0 Å². The van der Waals surface area contributed by atoms with Gasteiger partial charge in [0.25, 0.3) is 0 Å². The lowest BCUT2D eigenvalue weighted by molar-refractivity contribution is -0.138. The van der Waals surface area contributed by atoms with Gasteiger partial charge in [-0.2, -0.15) is 0 Å². The first-order valence-corrected chi connectivity index (χ1v) is 12.7. The standard InChI is InChI=1S/C25H26N2O5S2/c1-13(2)17-10-18(14(3)8-20(17)28)19-12-33-25(26-19)27-23(31)21(11-22(29)30)34-24(27)15-6-5-7-16(9-15)32-4/h5-10,12-13,21,24,28H,11H2,1-4H3,(H,29,30). The number of carbonyl (C=O) groups excluding carboxylic acids is 1. The van der Waals surface area contributed by atoms with Crippen molar-refractivity contribution in [1.29, 1.82) is 0 Å². The van der Waals surface area contributed by atoms with Crippen molar-refractivity contribution in [3.05, 3.63) is 58.5 Å². The molecule has 2 N–H and O–H groups in total. The molecular formula is C25H26N2O5S2. The highest BCUT2D eigenvalue weighted by atomic mass is 32.2. The molecule has 1 aromatic heterocycles. The van der Waals surface area contributed by atoms with Crippen molar-refractivity contribution in [3.63, 3.8) is 0 Å². The van der Waals surface area contributed by atoms with E-state index in [1.165, 1.54) is 23.1 Å². The number of carboxylic acids is 1. The molecule has 2 aromatic carbocycles. The lowest BCUT2D eigenvalue weighted by Gasteiger charge is -2.21. The molecule has 7 nitrogen and oxygen atoms in total. The number of anilines is 1. The number of rotatable bonds is 7. The Bertz CT molecular complexity index is 1240. The number of benzene rings is 2. The molecule has 0 saturated carbocycles. The number of amides is 1. The summed E-state index contributed by atoms with van der Waals surface area (Å²) in [5.41, 5.74) is 4.16. The maximum atomic E-state index is 13.3. The van der Waals surface area contributed by atoms with Crippen molar-refractivity contribution in [1.82, 2.24) is 4.98 Å². The van der Waals surface area contributed by atoms with Gasteiger partial charge in [-0.3, -0.25) is 14.5 Å². The second-order valence-corrected chi connectivity index (χ2v) is 10.6. The Balaban J connectivity index is 1.75. The zero-order chi connectivity index (χ0) is 24.6. The van der Waals surface area contributed by atoms with Gasteiger partial charge in [0.05, 0.1) is 24.5 Å². The van der Waals surface area contributed by atoms with Crippen LogP contribution in [-0.2, 0) is 9.59 Å². The van der Waals surface area contributed by atoms with E-state index in [1.54, 1.807) is 18.1 Å². The summed E-state index contributed by atoms with van der Waals surface area (Å²) in [6.45, 7) is 5.95. The summed E-state index contributed by atoms with van der Waals surface area (Å²) >= 11 is 2.65. The van der Waals surface area contributed by atoms with Crippen LogP contribution in [-0.4, -0.2) is 39.4 Å². The summed E-state index contributed by atoms with van der Waals surface area (Å²) in [4.78, 5) is 31.1. The van der Waals surface area contributed by atoms with Crippen LogP contribution in [0.5, 0.6) is 11.5 Å². The van der Waals surface area contributed by atoms with Gasteiger partial charge in [0.2, 0.25) is 5.91 Å². The van der Waals surface area contributed by atoms with E-state index in [0.717, 1.165) is 22.3 Å².